The third-order valence-corrected chi connectivity index (χ3v) is 4.92. The average Bonchev–Trinajstić information content (AvgIpc) is 3.24. The number of hydrogen-bond acceptors (Lipinski definition) is 5. The summed E-state index contributed by atoms with van der Waals surface area (Å²) >= 11 is 0. The van der Waals surface area contributed by atoms with Crippen LogP contribution in [0.15, 0.2) is 59.5 Å². The zero-order chi connectivity index (χ0) is 17.8. The molecule has 0 N–H and O–H groups in total. The quantitative estimate of drug-likeness (QED) is 0.680. The number of rotatable bonds is 5. The molecule has 0 saturated carbocycles. The second kappa shape index (κ2) is 7.70. The van der Waals surface area contributed by atoms with Gasteiger partial charge in [0.15, 0.2) is 11.6 Å². The largest absolute Gasteiger partial charge is 0.497 e. The lowest BCUT2D eigenvalue weighted by molar-refractivity contribution is 0.140. The van der Waals surface area contributed by atoms with Gasteiger partial charge in [0, 0.05) is 30.5 Å². The van der Waals surface area contributed by atoms with Gasteiger partial charge < -0.3 is 9.15 Å². The zero-order valence-electron chi connectivity index (χ0n) is 15.0. The van der Waals surface area contributed by atoms with Crippen LogP contribution in [0.25, 0.3) is 11.6 Å². The third kappa shape index (κ3) is 3.63. The highest BCUT2D eigenvalue weighted by Crippen LogP contribution is 2.33. The Morgan fingerprint density at radius 1 is 1.15 bits per heavy atom. The maximum absolute atomic E-state index is 5.40. The van der Waals surface area contributed by atoms with Crippen LogP contribution < -0.4 is 4.74 Å². The van der Waals surface area contributed by atoms with Crippen LogP contribution in [-0.4, -0.2) is 28.5 Å². The van der Waals surface area contributed by atoms with Crippen molar-refractivity contribution in [3.8, 4) is 17.3 Å². The van der Waals surface area contributed by atoms with Gasteiger partial charge in [-0.05, 0) is 49.2 Å². The molecule has 0 amide bonds. The van der Waals surface area contributed by atoms with Gasteiger partial charge in [0.05, 0.1) is 13.4 Å². The first kappa shape index (κ1) is 16.8. The van der Waals surface area contributed by atoms with Crippen molar-refractivity contribution in [2.24, 2.45) is 0 Å². The fourth-order valence-corrected chi connectivity index (χ4v) is 3.61. The van der Waals surface area contributed by atoms with Crippen molar-refractivity contribution < 1.29 is 9.15 Å². The molecule has 1 saturated heterocycles. The molecule has 5 nitrogen and oxygen atoms in total. The molecule has 1 atom stereocenters. The molecule has 0 bridgehead atoms. The van der Waals surface area contributed by atoms with Crippen LogP contribution in [0, 0.1) is 0 Å². The van der Waals surface area contributed by atoms with Crippen LogP contribution in [0.3, 0.4) is 0 Å². The topological polar surface area (TPSA) is 51.4 Å². The van der Waals surface area contributed by atoms with Gasteiger partial charge in [0.2, 0.25) is 0 Å². The molecule has 134 valence electrons. The van der Waals surface area contributed by atoms with Crippen molar-refractivity contribution in [1.82, 2.24) is 14.9 Å². The minimum absolute atomic E-state index is 0.406. The average molecular weight is 349 g/mol. The van der Waals surface area contributed by atoms with Gasteiger partial charge in [-0.15, -0.1) is 0 Å². The Labute approximate surface area is 153 Å². The maximum Gasteiger partial charge on any atom is 0.195 e. The standard InChI is InChI=1S/C21H23N3O2/c1-25-18-7-4-6-17(12-18)19-8-2-3-10-24(19)15-16-13-22-21(23-14-16)20-9-5-11-26-20/h4-7,9,11-14,19H,2-3,8,10,15H2,1H3/t19-/m1/s1. The van der Waals surface area contributed by atoms with Crippen molar-refractivity contribution >= 4 is 0 Å². The number of methoxy groups -OCH3 is 1. The van der Waals surface area contributed by atoms with Crippen molar-refractivity contribution in [2.75, 3.05) is 13.7 Å². The van der Waals surface area contributed by atoms with E-state index in [9.17, 15) is 0 Å². The summed E-state index contributed by atoms with van der Waals surface area (Å²) in [6.45, 7) is 1.93. The predicted octanol–water partition coefficient (Wildman–Crippen LogP) is 4.47. The first-order valence-corrected chi connectivity index (χ1v) is 9.06. The van der Waals surface area contributed by atoms with Gasteiger partial charge in [-0.1, -0.05) is 18.6 Å². The minimum atomic E-state index is 0.406. The van der Waals surface area contributed by atoms with E-state index in [0.717, 1.165) is 24.4 Å². The summed E-state index contributed by atoms with van der Waals surface area (Å²) in [5, 5.41) is 0. The van der Waals surface area contributed by atoms with Gasteiger partial charge in [0.25, 0.3) is 0 Å². The van der Waals surface area contributed by atoms with E-state index in [0.29, 0.717) is 17.6 Å². The molecule has 5 heteroatoms. The maximum atomic E-state index is 5.40. The SMILES string of the molecule is COc1cccc([C@H]2CCCCN2Cc2cnc(-c3ccco3)nc2)c1. The Morgan fingerprint density at radius 2 is 2.04 bits per heavy atom. The number of furan rings is 1. The molecule has 4 rings (SSSR count). The summed E-state index contributed by atoms with van der Waals surface area (Å²) in [7, 11) is 1.72. The van der Waals surface area contributed by atoms with Gasteiger partial charge in [-0.25, -0.2) is 9.97 Å². The molecule has 1 fully saturated rings. The molecule has 0 aliphatic carbocycles. The van der Waals surface area contributed by atoms with E-state index in [1.165, 1.54) is 24.8 Å². The predicted molar refractivity (Wildman–Crippen MR) is 99.7 cm³/mol. The highest BCUT2D eigenvalue weighted by atomic mass is 16.5. The number of benzene rings is 1. The Hall–Kier alpha value is -2.66. The van der Waals surface area contributed by atoms with Crippen LogP contribution in [-0.2, 0) is 6.54 Å². The third-order valence-electron chi connectivity index (χ3n) is 4.92. The number of hydrogen-bond donors (Lipinski definition) is 0. The molecule has 1 aromatic carbocycles. The lowest BCUT2D eigenvalue weighted by Gasteiger charge is -2.36. The molecule has 2 aromatic heterocycles. The van der Waals surface area contributed by atoms with Crippen LogP contribution in [0.4, 0.5) is 0 Å². The zero-order valence-corrected chi connectivity index (χ0v) is 15.0. The molecule has 26 heavy (non-hydrogen) atoms. The van der Waals surface area contributed by atoms with E-state index in [1.807, 2.05) is 30.6 Å². The smallest absolute Gasteiger partial charge is 0.195 e. The first-order valence-electron chi connectivity index (χ1n) is 9.06. The number of ether oxygens (including phenoxy) is 1. The Morgan fingerprint density at radius 3 is 2.81 bits per heavy atom. The number of piperidine rings is 1. The van der Waals surface area contributed by atoms with E-state index >= 15 is 0 Å². The highest BCUT2D eigenvalue weighted by molar-refractivity contribution is 5.45. The number of aromatic nitrogens is 2. The van der Waals surface area contributed by atoms with E-state index in [1.54, 1.807) is 13.4 Å². The van der Waals surface area contributed by atoms with Crippen molar-refractivity contribution in [3.63, 3.8) is 0 Å². The lowest BCUT2D eigenvalue weighted by Crippen LogP contribution is -2.33. The van der Waals surface area contributed by atoms with Gasteiger partial charge in [-0.2, -0.15) is 0 Å². The van der Waals surface area contributed by atoms with Gasteiger partial charge in [-0.3, -0.25) is 4.90 Å². The summed E-state index contributed by atoms with van der Waals surface area (Å²) in [4.78, 5) is 11.4. The Kier molecular flexibility index (Phi) is 4.97. The minimum Gasteiger partial charge on any atom is -0.497 e. The molecule has 3 heterocycles. The molecule has 1 aliphatic rings. The fraction of sp³-hybridized carbons (Fsp3) is 0.333. The molecule has 0 radical (unpaired) electrons. The number of likely N-dealkylation sites (tertiary alicyclic amines) is 1. The summed E-state index contributed by atoms with van der Waals surface area (Å²) in [6.07, 6.45) is 9.10. The molecule has 0 spiro atoms. The van der Waals surface area contributed by atoms with E-state index in [2.05, 4.69) is 33.1 Å². The second-order valence-corrected chi connectivity index (χ2v) is 6.65. The lowest BCUT2D eigenvalue weighted by atomic mass is 9.94. The monoisotopic (exact) mass is 349 g/mol. The van der Waals surface area contributed by atoms with E-state index in [4.69, 9.17) is 9.15 Å². The van der Waals surface area contributed by atoms with Crippen LogP contribution in [0.2, 0.25) is 0 Å². The normalized spacial score (nSPS) is 18.0. The Balaban J connectivity index is 1.51. The molecule has 3 aromatic rings. The summed E-state index contributed by atoms with van der Waals surface area (Å²) in [5.74, 6) is 2.24. The fourth-order valence-electron chi connectivity index (χ4n) is 3.61. The highest BCUT2D eigenvalue weighted by Gasteiger charge is 2.24. The van der Waals surface area contributed by atoms with Crippen molar-refractivity contribution in [3.05, 3.63) is 66.2 Å². The second-order valence-electron chi connectivity index (χ2n) is 6.65. The van der Waals surface area contributed by atoms with E-state index < -0.39 is 0 Å². The number of nitrogens with zero attached hydrogens (tertiary/aromatic N) is 3. The molecule has 1 aliphatic heterocycles. The molecular weight excluding hydrogens is 326 g/mol. The van der Waals surface area contributed by atoms with E-state index in [-0.39, 0.29) is 0 Å². The summed E-state index contributed by atoms with van der Waals surface area (Å²) < 4.78 is 10.8. The van der Waals surface area contributed by atoms with Crippen LogP contribution >= 0.6 is 0 Å². The van der Waals surface area contributed by atoms with Gasteiger partial charge >= 0.3 is 0 Å². The van der Waals surface area contributed by atoms with Gasteiger partial charge in [0.1, 0.15) is 5.75 Å². The first-order chi connectivity index (χ1) is 12.8. The van der Waals surface area contributed by atoms with Crippen molar-refractivity contribution in [2.45, 2.75) is 31.8 Å². The van der Waals surface area contributed by atoms with Crippen LogP contribution in [0.1, 0.15) is 36.4 Å². The Bertz CT molecular complexity index is 831. The van der Waals surface area contributed by atoms with Crippen LogP contribution in [0.5, 0.6) is 5.75 Å². The molecule has 0 unspecified atom stereocenters. The summed E-state index contributed by atoms with van der Waals surface area (Å²) in [5.41, 5.74) is 2.44. The van der Waals surface area contributed by atoms with Crippen molar-refractivity contribution in [1.29, 1.82) is 0 Å². The summed E-state index contributed by atoms with van der Waals surface area (Å²) in [6, 6.07) is 12.5. The molecular formula is C21H23N3O2.